The van der Waals surface area contributed by atoms with Gasteiger partial charge >= 0.3 is 0 Å². The number of methoxy groups -OCH3 is 3. The molecule has 0 atom stereocenters. The average molecular weight is 418 g/mol. The molecule has 0 amide bonds. The van der Waals surface area contributed by atoms with Crippen LogP contribution in [0.15, 0.2) is 42.6 Å². The van der Waals surface area contributed by atoms with Gasteiger partial charge in [-0.05, 0) is 47.7 Å². The van der Waals surface area contributed by atoms with Crippen molar-refractivity contribution in [2.75, 3.05) is 21.3 Å². The fourth-order valence-electron chi connectivity index (χ4n) is 3.92. The number of aryl methyl sites for hydroxylation is 1. The lowest BCUT2D eigenvalue weighted by Crippen LogP contribution is -2.01. The summed E-state index contributed by atoms with van der Waals surface area (Å²) in [6, 6.07) is 11.7. The van der Waals surface area contributed by atoms with Crippen molar-refractivity contribution in [3.05, 3.63) is 59.4 Å². The number of nitrogens with zero attached hydrogens (tertiary/aromatic N) is 2. The topological polar surface area (TPSA) is 73.7 Å². The summed E-state index contributed by atoms with van der Waals surface area (Å²) in [5.41, 5.74) is 3.43. The molecular formula is C25H26N2O4. The van der Waals surface area contributed by atoms with Crippen molar-refractivity contribution in [3.8, 4) is 23.1 Å². The number of aromatic nitrogens is 2. The van der Waals surface area contributed by atoms with Crippen molar-refractivity contribution in [1.29, 1.82) is 0 Å². The fraction of sp³-hybridized carbons (Fsp3) is 0.280. The van der Waals surface area contributed by atoms with Crippen LogP contribution in [0.1, 0.15) is 30.2 Å². The quantitative estimate of drug-likeness (QED) is 0.452. The number of fused-ring (bicyclic) bond motifs is 2. The van der Waals surface area contributed by atoms with Crippen LogP contribution in [0.5, 0.6) is 23.1 Å². The zero-order valence-electron chi connectivity index (χ0n) is 18.2. The normalized spacial score (nSPS) is 11.1. The van der Waals surface area contributed by atoms with Gasteiger partial charge in [0.25, 0.3) is 0 Å². The highest BCUT2D eigenvalue weighted by molar-refractivity contribution is 5.92. The Morgan fingerprint density at radius 1 is 0.903 bits per heavy atom. The van der Waals surface area contributed by atoms with Crippen LogP contribution in [0.4, 0.5) is 0 Å². The molecule has 4 rings (SSSR count). The standard InChI is InChI=1S/C25H26N2O4/c1-5-6-21-19-13-24(31-4)23(30-3)12-18(19)20(25(28)27-21)10-15-9-16-7-8-17(29-2)11-22(16)26-14-15/h7-9,11-14H,5-6,10H2,1-4H3,(H,27,28). The summed E-state index contributed by atoms with van der Waals surface area (Å²) in [5, 5.41) is 13.7. The number of rotatable bonds is 7. The van der Waals surface area contributed by atoms with Crippen molar-refractivity contribution in [2.24, 2.45) is 0 Å². The molecule has 6 heteroatoms. The molecular weight excluding hydrogens is 392 g/mol. The zero-order chi connectivity index (χ0) is 22.0. The van der Waals surface area contributed by atoms with Crippen LogP contribution in [-0.2, 0) is 12.8 Å². The highest BCUT2D eigenvalue weighted by Gasteiger charge is 2.18. The van der Waals surface area contributed by atoms with Gasteiger partial charge in [-0.2, -0.15) is 0 Å². The Hall–Kier alpha value is -3.54. The van der Waals surface area contributed by atoms with E-state index in [4.69, 9.17) is 14.2 Å². The molecule has 2 aromatic carbocycles. The van der Waals surface area contributed by atoms with Crippen molar-refractivity contribution < 1.29 is 19.3 Å². The van der Waals surface area contributed by atoms with Crippen LogP contribution in [0.3, 0.4) is 0 Å². The van der Waals surface area contributed by atoms with Gasteiger partial charge in [0.15, 0.2) is 11.5 Å². The first-order valence-corrected chi connectivity index (χ1v) is 10.3. The molecule has 0 bridgehead atoms. The number of aromatic hydroxyl groups is 1. The minimum Gasteiger partial charge on any atom is -0.497 e. The predicted octanol–water partition coefficient (Wildman–Crippen LogP) is 5.06. The van der Waals surface area contributed by atoms with Gasteiger partial charge in [-0.3, -0.25) is 4.98 Å². The SMILES string of the molecule is CCCc1nc(O)c(Cc2cnc3cc(OC)ccc3c2)c2cc(OC)c(OC)cc12. The first kappa shape index (κ1) is 20.7. The minimum absolute atomic E-state index is 0.0398. The van der Waals surface area contributed by atoms with Gasteiger partial charge in [0.1, 0.15) is 5.75 Å². The number of benzene rings is 2. The first-order chi connectivity index (χ1) is 15.1. The Kier molecular flexibility index (Phi) is 5.80. The Morgan fingerprint density at radius 3 is 2.32 bits per heavy atom. The van der Waals surface area contributed by atoms with Gasteiger partial charge in [0, 0.05) is 35.0 Å². The van der Waals surface area contributed by atoms with Crippen LogP contribution < -0.4 is 14.2 Å². The lowest BCUT2D eigenvalue weighted by Gasteiger charge is -2.16. The van der Waals surface area contributed by atoms with Crippen LogP contribution >= 0.6 is 0 Å². The van der Waals surface area contributed by atoms with Crippen LogP contribution in [-0.4, -0.2) is 36.4 Å². The fourth-order valence-corrected chi connectivity index (χ4v) is 3.92. The molecule has 31 heavy (non-hydrogen) atoms. The first-order valence-electron chi connectivity index (χ1n) is 10.3. The van der Waals surface area contributed by atoms with Gasteiger partial charge in [0.2, 0.25) is 5.88 Å². The minimum atomic E-state index is 0.0398. The second kappa shape index (κ2) is 8.68. The molecule has 0 aliphatic carbocycles. The molecule has 2 heterocycles. The van der Waals surface area contributed by atoms with E-state index >= 15 is 0 Å². The maximum absolute atomic E-state index is 10.8. The van der Waals surface area contributed by atoms with Gasteiger partial charge in [-0.15, -0.1) is 0 Å². The smallest absolute Gasteiger partial charge is 0.215 e. The highest BCUT2D eigenvalue weighted by Crippen LogP contribution is 2.38. The van der Waals surface area contributed by atoms with Crippen molar-refractivity contribution in [1.82, 2.24) is 9.97 Å². The van der Waals surface area contributed by atoms with E-state index in [1.165, 1.54) is 0 Å². The molecule has 0 fully saturated rings. The molecule has 0 unspecified atom stereocenters. The van der Waals surface area contributed by atoms with Gasteiger partial charge in [0.05, 0.1) is 32.5 Å². The van der Waals surface area contributed by atoms with Crippen molar-refractivity contribution in [2.45, 2.75) is 26.2 Å². The molecule has 6 nitrogen and oxygen atoms in total. The van der Waals surface area contributed by atoms with Crippen LogP contribution in [0, 0.1) is 0 Å². The molecule has 0 spiro atoms. The van der Waals surface area contributed by atoms with E-state index in [0.717, 1.165) is 57.1 Å². The third-order valence-corrected chi connectivity index (χ3v) is 5.49. The zero-order valence-corrected chi connectivity index (χ0v) is 18.2. The molecule has 0 saturated heterocycles. The highest BCUT2D eigenvalue weighted by atomic mass is 16.5. The summed E-state index contributed by atoms with van der Waals surface area (Å²) in [4.78, 5) is 9.10. The summed E-state index contributed by atoms with van der Waals surface area (Å²) in [7, 11) is 4.87. The third-order valence-electron chi connectivity index (χ3n) is 5.49. The second-order valence-electron chi connectivity index (χ2n) is 7.44. The van der Waals surface area contributed by atoms with E-state index in [9.17, 15) is 5.11 Å². The predicted molar refractivity (Wildman–Crippen MR) is 122 cm³/mol. The number of hydrogen-bond acceptors (Lipinski definition) is 6. The van der Waals surface area contributed by atoms with E-state index in [0.29, 0.717) is 17.9 Å². The van der Waals surface area contributed by atoms with Crippen LogP contribution in [0.25, 0.3) is 21.7 Å². The van der Waals surface area contributed by atoms with E-state index in [1.807, 2.05) is 36.5 Å². The van der Waals surface area contributed by atoms with E-state index in [2.05, 4.69) is 23.0 Å². The lowest BCUT2D eigenvalue weighted by molar-refractivity contribution is 0.355. The molecule has 160 valence electrons. The maximum atomic E-state index is 10.8. The molecule has 2 aromatic heterocycles. The summed E-state index contributed by atoms with van der Waals surface area (Å²) >= 11 is 0. The van der Waals surface area contributed by atoms with Crippen LogP contribution in [0.2, 0.25) is 0 Å². The number of pyridine rings is 2. The second-order valence-corrected chi connectivity index (χ2v) is 7.44. The Labute approximate surface area is 181 Å². The summed E-state index contributed by atoms with van der Waals surface area (Å²) < 4.78 is 16.3. The van der Waals surface area contributed by atoms with E-state index < -0.39 is 0 Å². The molecule has 0 aliphatic heterocycles. The molecule has 0 saturated carbocycles. The molecule has 1 N–H and O–H groups in total. The van der Waals surface area contributed by atoms with Crippen molar-refractivity contribution >= 4 is 21.7 Å². The number of hydrogen-bond donors (Lipinski definition) is 1. The third kappa shape index (κ3) is 3.93. The average Bonchev–Trinajstić information content (AvgIpc) is 2.80. The largest absolute Gasteiger partial charge is 0.497 e. The Morgan fingerprint density at radius 2 is 1.65 bits per heavy atom. The van der Waals surface area contributed by atoms with E-state index in [1.54, 1.807) is 21.3 Å². The van der Waals surface area contributed by atoms with Gasteiger partial charge in [-0.1, -0.05) is 13.3 Å². The monoisotopic (exact) mass is 418 g/mol. The molecule has 0 aliphatic rings. The summed E-state index contributed by atoms with van der Waals surface area (Å²) in [6.45, 7) is 2.09. The van der Waals surface area contributed by atoms with Crippen molar-refractivity contribution in [3.63, 3.8) is 0 Å². The Bertz CT molecular complexity index is 1250. The lowest BCUT2D eigenvalue weighted by atomic mass is 9.97. The molecule has 4 aromatic rings. The maximum Gasteiger partial charge on any atom is 0.215 e. The number of ether oxygens (including phenoxy) is 3. The molecule has 0 radical (unpaired) electrons. The van der Waals surface area contributed by atoms with Gasteiger partial charge < -0.3 is 19.3 Å². The summed E-state index contributed by atoms with van der Waals surface area (Å²) in [5.74, 6) is 2.08. The summed E-state index contributed by atoms with van der Waals surface area (Å²) in [6.07, 6.45) is 4.01. The van der Waals surface area contributed by atoms with E-state index in [-0.39, 0.29) is 5.88 Å². The van der Waals surface area contributed by atoms with Gasteiger partial charge in [-0.25, -0.2) is 4.98 Å². The Balaban J connectivity index is 1.85.